The minimum absolute atomic E-state index is 0.576. The van der Waals surface area contributed by atoms with E-state index >= 15 is 0 Å². The molecular weight excluding hydrogens is 304 g/mol. The van der Waals surface area contributed by atoms with Crippen molar-refractivity contribution in [2.45, 2.75) is 11.8 Å². The standard InChI is InChI=1S/C15H18N2S3/c1-16-9-12-14(11-5-3-2-4-6-11)20-15(17-12)13-10-18-7-8-19-13/h2-6,13,16H,7-10H2,1H3. The number of benzene rings is 1. The Kier molecular flexibility index (Phi) is 5.04. The van der Waals surface area contributed by atoms with E-state index < -0.39 is 0 Å². The third kappa shape index (κ3) is 3.22. The molecule has 2 aromatic rings. The van der Waals surface area contributed by atoms with Crippen molar-refractivity contribution >= 4 is 34.9 Å². The molecule has 0 bridgehead atoms. The van der Waals surface area contributed by atoms with E-state index in [1.807, 2.05) is 18.4 Å². The van der Waals surface area contributed by atoms with E-state index in [9.17, 15) is 0 Å². The number of rotatable bonds is 4. The highest BCUT2D eigenvalue weighted by Crippen LogP contribution is 2.41. The van der Waals surface area contributed by atoms with Crippen LogP contribution in [0.25, 0.3) is 10.4 Å². The first-order valence-electron chi connectivity index (χ1n) is 6.77. The molecule has 1 fully saturated rings. The van der Waals surface area contributed by atoms with Gasteiger partial charge in [-0.1, -0.05) is 30.3 Å². The van der Waals surface area contributed by atoms with Gasteiger partial charge in [0.2, 0.25) is 0 Å². The normalized spacial score (nSPS) is 19.1. The molecule has 0 radical (unpaired) electrons. The maximum Gasteiger partial charge on any atom is 0.107 e. The summed E-state index contributed by atoms with van der Waals surface area (Å²) >= 11 is 5.98. The number of aromatic nitrogens is 1. The molecule has 2 nitrogen and oxygen atoms in total. The number of hydrogen-bond donors (Lipinski definition) is 1. The fourth-order valence-electron chi connectivity index (χ4n) is 2.24. The first kappa shape index (κ1) is 14.4. The van der Waals surface area contributed by atoms with E-state index in [0.29, 0.717) is 5.25 Å². The Labute approximate surface area is 132 Å². The maximum atomic E-state index is 4.92. The maximum absolute atomic E-state index is 4.92. The summed E-state index contributed by atoms with van der Waals surface area (Å²) in [5, 5.41) is 5.12. The van der Waals surface area contributed by atoms with Gasteiger partial charge in [0, 0.05) is 23.8 Å². The highest BCUT2D eigenvalue weighted by molar-refractivity contribution is 8.06. The van der Waals surface area contributed by atoms with E-state index in [-0.39, 0.29) is 0 Å². The van der Waals surface area contributed by atoms with Gasteiger partial charge in [0.1, 0.15) is 5.01 Å². The largest absolute Gasteiger partial charge is 0.314 e. The third-order valence-electron chi connectivity index (χ3n) is 3.19. The zero-order valence-corrected chi connectivity index (χ0v) is 13.9. The molecule has 1 aromatic carbocycles. The lowest BCUT2D eigenvalue weighted by Crippen LogP contribution is -2.08. The summed E-state index contributed by atoms with van der Waals surface area (Å²) in [4.78, 5) is 6.25. The predicted octanol–water partition coefficient (Wildman–Crippen LogP) is 4.05. The summed E-state index contributed by atoms with van der Waals surface area (Å²) in [5.41, 5.74) is 2.48. The van der Waals surface area contributed by atoms with Crippen LogP contribution in [-0.2, 0) is 6.54 Å². The Morgan fingerprint density at radius 3 is 2.80 bits per heavy atom. The van der Waals surface area contributed by atoms with Crippen LogP contribution in [0.4, 0.5) is 0 Å². The fourth-order valence-corrected chi connectivity index (χ4v) is 6.31. The van der Waals surface area contributed by atoms with Gasteiger partial charge >= 0.3 is 0 Å². The minimum atomic E-state index is 0.576. The molecule has 1 aliphatic rings. The topological polar surface area (TPSA) is 24.9 Å². The lowest BCUT2D eigenvalue weighted by molar-refractivity contribution is 0.793. The van der Waals surface area contributed by atoms with E-state index in [4.69, 9.17) is 4.98 Å². The summed E-state index contributed by atoms with van der Waals surface area (Å²) in [5.74, 6) is 3.73. The van der Waals surface area contributed by atoms with Gasteiger partial charge in [0.05, 0.1) is 15.8 Å². The molecule has 0 aliphatic carbocycles. The Balaban J connectivity index is 1.93. The van der Waals surface area contributed by atoms with E-state index in [1.54, 1.807) is 0 Å². The molecular formula is C15H18N2S3. The zero-order valence-electron chi connectivity index (χ0n) is 11.5. The Bertz CT molecular complexity index is 548. The Hall–Kier alpha value is -0.490. The van der Waals surface area contributed by atoms with Crippen LogP contribution < -0.4 is 5.32 Å². The second-order valence-electron chi connectivity index (χ2n) is 4.66. The molecule has 0 spiro atoms. The van der Waals surface area contributed by atoms with Crippen LogP contribution in [0.3, 0.4) is 0 Å². The molecule has 2 heterocycles. The van der Waals surface area contributed by atoms with Crippen molar-refractivity contribution in [3.05, 3.63) is 41.0 Å². The number of thioether (sulfide) groups is 2. The van der Waals surface area contributed by atoms with Crippen LogP contribution in [0.15, 0.2) is 30.3 Å². The van der Waals surface area contributed by atoms with Crippen molar-refractivity contribution in [3.63, 3.8) is 0 Å². The van der Waals surface area contributed by atoms with Crippen molar-refractivity contribution in [1.29, 1.82) is 0 Å². The molecule has 1 saturated heterocycles. The molecule has 20 heavy (non-hydrogen) atoms. The van der Waals surface area contributed by atoms with Crippen LogP contribution in [0.2, 0.25) is 0 Å². The number of hydrogen-bond acceptors (Lipinski definition) is 5. The third-order valence-corrected chi connectivity index (χ3v) is 7.36. The average Bonchev–Trinajstić information content (AvgIpc) is 2.94. The smallest absolute Gasteiger partial charge is 0.107 e. The van der Waals surface area contributed by atoms with Gasteiger partial charge in [-0.2, -0.15) is 11.8 Å². The lowest BCUT2D eigenvalue weighted by atomic mass is 10.1. The van der Waals surface area contributed by atoms with E-state index in [1.165, 1.54) is 38.4 Å². The second kappa shape index (κ2) is 6.98. The SMILES string of the molecule is CNCc1nc(C2CSCCS2)sc1-c1ccccc1. The fraction of sp³-hybridized carbons (Fsp3) is 0.400. The van der Waals surface area contributed by atoms with Crippen molar-refractivity contribution in [3.8, 4) is 10.4 Å². The molecule has 5 heteroatoms. The van der Waals surface area contributed by atoms with Crippen LogP contribution in [0.5, 0.6) is 0 Å². The van der Waals surface area contributed by atoms with Crippen molar-refractivity contribution in [2.24, 2.45) is 0 Å². The van der Waals surface area contributed by atoms with E-state index in [0.717, 1.165) is 6.54 Å². The second-order valence-corrected chi connectivity index (χ2v) is 8.15. The molecule has 1 atom stereocenters. The van der Waals surface area contributed by atoms with Gasteiger partial charge in [-0.05, 0) is 12.6 Å². The zero-order chi connectivity index (χ0) is 13.8. The van der Waals surface area contributed by atoms with E-state index in [2.05, 4.69) is 59.2 Å². The monoisotopic (exact) mass is 322 g/mol. The van der Waals surface area contributed by atoms with Gasteiger partial charge < -0.3 is 5.32 Å². The average molecular weight is 323 g/mol. The van der Waals surface area contributed by atoms with Gasteiger partial charge in [-0.3, -0.25) is 0 Å². The summed E-state index contributed by atoms with van der Waals surface area (Å²) < 4.78 is 0. The van der Waals surface area contributed by atoms with Crippen molar-refractivity contribution < 1.29 is 0 Å². The summed E-state index contributed by atoms with van der Waals surface area (Å²) in [6, 6.07) is 10.6. The van der Waals surface area contributed by atoms with Crippen molar-refractivity contribution in [1.82, 2.24) is 10.3 Å². The molecule has 0 amide bonds. The van der Waals surface area contributed by atoms with Crippen LogP contribution >= 0.6 is 34.9 Å². The molecule has 1 aromatic heterocycles. The highest BCUT2D eigenvalue weighted by atomic mass is 32.2. The molecule has 3 rings (SSSR count). The molecule has 1 N–H and O–H groups in total. The van der Waals surface area contributed by atoms with Crippen LogP contribution in [-0.4, -0.2) is 29.3 Å². The Morgan fingerprint density at radius 2 is 2.10 bits per heavy atom. The minimum Gasteiger partial charge on any atom is -0.314 e. The number of thiazole rings is 1. The van der Waals surface area contributed by atoms with Gasteiger partial charge in [-0.25, -0.2) is 4.98 Å². The summed E-state index contributed by atoms with van der Waals surface area (Å²) in [6.07, 6.45) is 0. The van der Waals surface area contributed by atoms with Gasteiger partial charge in [0.25, 0.3) is 0 Å². The predicted molar refractivity (Wildman–Crippen MR) is 92.8 cm³/mol. The lowest BCUT2D eigenvalue weighted by Gasteiger charge is -2.18. The number of nitrogens with one attached hydrogen (secondary N) is 1. The Morgan fingerprint density at radius 1 is 1.25 bits per heavy atom. The first-order chi connectivity index (χ1) is 9.88. The van der Waals surface area contributed by atoms with Crippen molar-refractivity contribution in [2.75, 3.05) is 24.3 Å². The number of nitrogens with zero attached hydrogens (tertiary/aromatic N) is 1. The molecule has 0 saturated carbocycles. The molecule has 1 unspecified atom stereocenters. The quantitative estimate of drug-likeness (QED) is 0.918. The first-order valence-corrected chi connectivity index (χ1v) is 9.79. The summed E-state index contributed by atoms with van der Waals surface area (Å²) in [6.45, 7) is 0.839. The molecule has 106 valence electrons. The highest BCUT2D eigenvalue weighted by Gasteiger charge is 2.22. The summed E-state index contributed by atoms with van der Waals surface area (Å²) in [7, 11) is 1.99. The van der Waals surface area contributed by atoms with Crippen LogP contribution in [0, 0.1) is 0 Å². The van der Waals surface area contributed by atoms with Gasteiger partial charge in [-0.15, -0.1) is 23.1 Å². The molecule has 1 aliphatic heterocycles. The van der Waals surface area contributed by atoms with Crippen LogP contribution in [0.1, 0.15) is 16.0 Å². The van der Waals surface area contributed by atoms with Gasteiger partial charge in [0.15, 0.2) is 0 Å².